The average molecular weight is 196 g/mol. The van der Waals surface area contributed by atoms with Crippen LogP contribution in [0.15, 0.2) is 0 Å². The van der Waals surface area contributed by atoms with Gasteiger partial charge in [-0.05, 0) is 38.5 Å². The molecule has 0 aromatic rings. The largest absolute Gasteiger partial charge is 0.360 e. The summed E-state index contributed by atoms with van der Waals surface area (Å²) in [5, 5.41) is 0.480. The fraction of sp³-hybridized carbons (Fsp3) is 1.00. The molecule has 0 saturated heterocycles. The molecule has 0 aliphatic heterocycles. The molecule has 1 atom stereocenters. The molecule has 0 N–H and O–H groups in total. The summed E-state index contributed by atoms with van der Waals surface area (Å²) in [4.78, 5) is 0. The molecule has 0 saturated carbocycles. The highest BCUT2D eigenvalue weighted by atomic mass is 32.1. The van der Waals surface area contributed by atoms with Crippen LogP contribution in [0.1, 0.15) is 13.3 Å². The Hall–Kier alpha value is 0.877. The van der Waals surface area contributed by atoms with Crippen LogP contribution in [0.3, 0.4) is 0 Å². The maximum Gasteiger partial charge on any atom is 0.206 e. The zero-order chi connectivity index (χ0) is 8.20. The van der Waals surface area contributed by atoms with Crippen molar-refractivity contribution in [3.05, 3.63) is 0 Å². The predicted octanol–water partition coefficient (Wildman–Crippen LogP) is 2.76. The maximum atomic E-state index is 5.09. The van der Waals surface area contributed by atoms with Crippen molar-refractivity contribution in [2.75, 3.05) is 0 Å². The molecule has 0 amide bonds. The Morgan fingerprint density at radius 3 is 2.30 bits per heavy atom. The van der Waals surface area contributed by atoms with E-state index < -0.39 is 8.32 Å². The molecular formula is C6H16OS2Si. The van der Waals surface area contributed by atoms with Gasteiger partial charge in [0.1, 0.15) is 0 Å². The second kappa shape index (κ2) is 4.69. The molecule has 0 rings (SSSR count). The molecule has 1 nitrogen and oxygen atoms in total. The molecule has 0 aromatic carbocycles. The van der Waals surface area contributed by atoms with E-state index in [0.717, 1.165) is 12.5 Å². The van der Waals surface area contributed by atoms with Crippen molar-refractivity contribution in [2.24, 2.45) is 0 Å². The van der Waals surface area contributed by atoms with E-state index >= 15 is 0 Å². The molecular weight excluding hydrogens is 180 g/mol. The summed E-state index contributed by atoms with van der Waals surface area (Å²) < 4.78 is 5.09. The molecule has 0 spiro atoms. The number of hydrogen-bond acceptors (Lipinski definition) is 3. The highest BCUT2D eigenvalue weighted by molar-refractivity contribution is 7.81. The van der Waals surface area contributed by atoms with Gasteiger partial charge in [0.05, 0.1) is 0 Å². The minimum absolute atomic E-state index is 0.480. The molecule has 0 aromatic heterocycles. The van der Waals surface area contributed by atoms with Crippen molar-refractivity contribution < 1.29 is 3.87 Å². The molecule has 0 fully saturated rings. The third-order valence-corrected chi connectivity index (χ3v) is 5.79. The third-order valence-electron chi connectivity index (χ3n) is 1.45. The SMILES string of the molecule is CCC(S)C[Si](C)(C)OS. The number of rotatable bonds is 4. The van der Waals surface area contributed by atoms with Crippen LogP contribution in [-0.2, 0) is 3.87 Å². The van der Waals surface area contributed by atoms with Crippen LogP contribution < -0.4 is 0 Å². The van der Waals surface area contributed by atoms with Crippen LogP contribution in [0.25, 0.3) is 0 Å². The van der Waals surface area contributed by atoms with Crippen molar-refractivity contribution in [1.82, 2.24) is 0 Å². The van der Waals surface area contributed by atoms with Crippen molar-refractivity contribution >= 4 is 33.9 Å². The first-order valence-electron chi connectivity index (χ1n) is 3.52. The number of hydrogen-bond donors (Lipinski definition) is 2. The van der Waals surface area contributed by atoms with Crippen molar-refractivity contribution in [2.45, 2.75) is 37.7 Å². The van der Waals surface area contributed by atoms with Crippen molar-refractivity contribution in [1.29, 1.82) is 0 Å². The Morgan fingerprint density at radius 1 is 1.50 bits per heavy atom. The summed E-state index contributed by atoms with van der Waals surface area (Å²) in [5.74, 6) is 0. The standard InChI is InChI=1S/C6H16OS2Si/c1-4-6(8)5-10(2,3)7-9/h6,8-9H,4-5H2,1-3H3. The fourth-order valence-electron chi connectivity index (χ4n) is 0.749. The lowest BCUT2D eigenvalue weighted by Crippen LogP contribution is -2.29. The molecule has 0 radical (unpaired) electrons. The Morgan fingerprint density at radius 2 is 2.00 bits per heavy atom. The van der Waals surface area contributed by atoms with Gasteiger partial charge in [0, 0.05) is 5.25 Å². The lowest BCUT2D eigenvalue weighted by molar-refractivity contribution is 0.641. The number of thiol groups is 2. The zero-order valence-corrected chi connectivity index (χ0v) is 9.58. The first-order valence-corrected chi connectivity index (χ1v) is 7.52. The van der Waals surface area contributed by atoms with E-state index in [1.54, 1.807) is 0 Å². The van der Waals surface area contributed by atoms with Gasteiger partial charge in [-0.25, -0.2) is 0 Å². The topological polar surface area (TPSA) is 9.23 Å². The molecule has 0 bridgehead atoms. The minimum atomic E-state index is -1.47. The lowest BCUT2D eigenvalue weighted by Gasteiger charge is -2.21. The quantitative estimate of drug-likeness (QED) is 0.399. The Labute approximate surface area is 75.7 Å². The van der Waals surface area contributed by atoms with E-state index in [-0.39, 0.29) is 0 Å². The molecule has 0 heterocycles. The van der Waals surface area contributed by atoms with Gasteiger partial charge in [0.25, 0.3) is 0 Å². The van der Waals surface area contributed by atoms with E-state index in [0.29, 0.717) is 5.25 Å². The third kappa shape index (κ3) is 4.66. The van der Waals surface area contributed by atoms with E-state index in [1.165, 1.54) is 0 Å². The van der Waals surface area contributed by atoms with Gasteiger partial charge in [-0.1, -0.05) is 6.92 Å². The zero-order valence-electron chi connectivity index (χ0n) is 6.79. The van der Waals surface area contributed by atoms with Crippen LogP contribution in [0, 0.1) is 0 Å². The van der Waals surface area contributed by atoms with Gasteiger partial charge in [-0.3, -0.25) is 0 Å². The summed E-state index contributed by atoms with van der Waals surface area (Å²) in [5.41, 5.74) is 0. The van der Waals surface area contributed by atoms with E-state index in [4.69, 9.17) is 3.87 Å². The van der Waals surface area contributed by atoms with Gasteiger partial charge in [0.15, 0.2) is 0 Å². The van der Waals surface area contributed by atoms with Crippen LogP contribution in [-0.4, -0.2) is 13.6 Å². The Bertz CT molecular complexity index is 97.7. The molecule has 62 valence electrons. The van der Waals surface area contributed by atoms with E-state index in [1.807, 2.05) is 0 Å². The van der Waals surface area contributed by atoms with Crippen LogP contribution in [0.2, 0.25) is 19.1 Å². The van der Waals surface area contributed by atoms with E-state index in [9.17, 15) is 0 Å². The molecule has 1 unspecified atom stereocenters. The minimum Gasteiger partial charge on any atom is -0.360 e. The maximum absolute atomic E-state index is 5.09. The van der Waals surface area contributed by atoms with Crippen LogP contribution in [0.4, 0.5) is 0 Å². The molecule has 4 heteroatoms. The molecule has 0 aliphatic carbocycles. The van der Waals surface area contributed by atoms with Gasteiger partial charge in [-0.2, -0.15) is 12.6 Å². The van der Waals surface area contributed by atoms with Crippen molar-refractivity contribution in [3.63, 3.8) is 0 Å². The van der Waals surface area contributed by atoms with Gasteiger partial charge in [0.2, 0.25) is 8.32 Å². The second-order valence-electron chi connectivity index (χ2n) is 3.12. The normalized spacial score (nSPS) is 15.3. The summed E-state index contributed by atoms with van der Waals surface area (Å²) in [6.07, 6.45) is 1.11. The molecule has 0 aliphatic rings. The average Bonchev–Trinajstić information content (AvgIpc) is 1.87. The first-order chi connectivity index (χ1) is 4.52. The summed E-state index contributed by atoms with van der Waals surface area (Å²) in [7, 11) is -1.47. The first kappa shape index (κ1) is 10.9. The summed E-state index contributed by atoms with van der Waals surface area (Å²) in [6, 6.07) is 1.08. The Balaban J connectivity index is 3.64. The monoisotopic (exact) mass is 196 g/mol. The van der Waals surface area contributed by atoms with Crippen LogP contribution >= 0.6 is 25.5 Å². The molecule has 10 heavy (non-hydrogen) atoms. The highest BCUT2D eigenvalue weighted by Gasteiger charge is 2.24. The summed E-state index contributed by atoms with van der Waals surface area (Å²) >= 11 is 8.24. The van der Waals surface area contributed by atoms with E-state index in [2.05, 4.69) is 45.6 Å². The van der Waals surface area contributed by atoms with Gasteiger partial charge >= 0.3 is 0 Å². The summed E-state index contributed by atoms with van der Waals surface area (Å²) in [6.45, 7) is 6.44. The van der Waals surface area contributed by atoms with Gasteiger partial charge in [-0.15, -0.1) is 0 Å². The second-order valence-corrected chi connectivity index (χ2v) is 8.51. The fourth-order valence-corrected chi connectivity index (χ4v) is 3.79. The smallest absolute Gasteiger partial charge is 0.206 e. The lowest BCUT2D eigenvalue weighted by atomic mass is 10.4. The van der Waals surface area contributed by atoms with Crippen molar-refractivity contribution in [3.8, 4) is 0 Å². The van der Waals surface area contributed by atoms with Gasteiger partial charge < -0.3 is 3.87 Å². The Kier molecular flexibility index (Phi) is 5.11. The predicted molar refractivity (Wildman–Crippen MR) is 55.4 cm³/mol. The van der Waals surface area contributed by atoms with Crippen LogP contribution in [0.5, 0.6) is 0 Å². The highest BCUT2D eigenvalue weighted by Crippen LogP contribution is 2.20.